The Balaban J connectivity index is 1.60. The molecule has 1 unspecified atom stereocenters. The summed E-state index contributed by atoms with van der Waals surface area (Å²) in [4.78, 5) is 14.8. The highest BCUT2D eigenvalue weighted by Gasteiger charge is 2.32. The molecule has 1 heterocycles. The molecule has 0 aliphatic carbocycles. The molecule has 1 atom stereocenters. The van der Waals surface area contributed by atoms with Gasteiger partial charge in [0, 0.05) is 11.6 Å². The van der Waals surface area contributed by atoms with Crippen molar-refractivity contribution in [2.45, 2.75) is 12.5 Å². The molecule has 0 fully saturated rings. The number of halogens is 2. The van der Waals surface area contributed by atoms with Gasteiger partial charge in [-0.25, -0.2) is 4.39 Å². The van der Waals surface area contributed by atoms with Crippen LogP contribution in [0.5, 0.6) is 5.75 Å². The average Bonchev–Trinajstić information content (AvgIpc) is 2.73. The van der Waals surface area contributed by atoms with Crippen LogP contribution in [0.4, 0.5) is 4.39 Å². The fourth-order valence-corrected chi connectivity index (χ4v) is 3.72. The molecule has 3 aromatic carbocycles. The lowest BCUT2D eigenvalue weighted by Gasteiger charge is -2.37. The average molecular weight is 396 g/mol. The maximum Gasteiger partial charge on any atom is 0.261 e. The zero-order chi connectivity index (χ0) is 19.5. The lowest BCUT2D eigenvalue weighted by Crippen LogP contribution is -2.42. The number of rotatable bonds is 4. The number of amides is 1. The summed E-state index contributed by atoms with van der Waals surface area (Å²) in [5.74, 6) is 0.184. The minimum atomic E-state index is -0.295. The van der Waals surface area contributed by atoms with Crippen molar-refractivity contribution in [2.75, 3.05) is 13.2 Å². The second kappa shape index (κ2) is 8.03. The summed E-state index contributed by atoms with van der Waals surface area (Å²) in [5.41, 5.74) is 3.16. The quantitative estimate of drug-likeness (QED) is 0.620. The van der Waals surface area contributed by atoms with E-state index in [2.05, 4.69) is 6.07 Å². The summed E-state index contributed by atoms with van der Waals surface area (Å²) in [6.07, 6.45) is 0.778. The molecule has 0 saturated carbocycles. The van der Waals surface area contributed by atoms with Crippen molar-refractivity contribution in [3.8, 4) is 5.75 Å². The van der Waals surface area contributed by atoms with Crippen molar-refractivity contribution < 1.29 is 13.9 Å². The van der Waals surface area contributed by atoms with Crippen LogP contribution in [-0.2, 0) is 11.2 Å². The SMILES string of the molecule is O=C(COc1ccc(Cl)cc1)N1CCc2ccccc2C1c1ccc(F)cc1. The normalized spacial score (nSPS) is 15.8. The Labute approximate surface area is 168 Å². The van der Waals surface area contributed by atoms with E-state index in [4.69, 9.17) is 16.3 Å². The van der Waals surface area contributed by atoms with E-state index in [-0.39, 0.29) is 24.4 Å². The van der Waals surface area contributed by atoms with Gasteiger partial charge in [0.15, 0.2) is 6.61 Å². The van der Waals surface area contributed by atoms with Gasteiger partial charge in [0.1, 0.15) is 11.6 Å². The fraction of sp³-hybridized carbons (Fsp3) is 0.174. The maximum atomic E-state index is 13.4. The first-order valence-electron chi connectivity index (χ1n) is 9.13. The second-order valence-corrected chi connectivity index (χ2v) is 7.17. The number of benzene rings is 3. The van der Waals surface area contributed by atoms with Crippen LogP contribution in [0, 0.1) is 5.82 Å². The molecule has 0 aromatic heterocycles. The molecular weight excluding hydrogens is 377 g/mol. The number of hydrogen-bond donors (Lipinski definition) is 0. The molecule has 0 spiro atoms. The van der Waals surface area contributed by atoms with Crippen LogP contribution in [0.2, 0.25) is 5.02 Å². The predicted molar refractivity (Wildman–Crippen MR) is 107 cm³/mol. The highest BCUT2D eigenvalue weighted by Crippen LogP contribution is 2.35. The first-order chi connectivity index (χ1) is 13.6. The molecule has 1 aliphatic rings. The Kier molecular flexibility index (Phi) is 5.31. The van der Waals surface area contributed by atoms with Crippen molar-refractivity contribution in [1.82, 2.24) is 4.90 Å². The Bertz CT molecular complexity index is 973. The van der Waals surface area contributed by atoms with Gasteiger partial charge in [-0.15, -0.1) is 0 Å². The molecule has 1 aliphatic heterocycles. The summed E-state index contributed by atoms with van der Waals surface area (Å²) in [5, 5.41) is 0.614. The number of hydrogen-bond acceptors (Lipinski definition) is 2. The molecule has 4 rings (SSSR count). The van der Waals surface area contributed by atoms with Crippen LogP contribution in [-0.4, -0.2) is 24.0 Å². The van der Waals surface area contributed by atoms with Crippen LogP contribution >= 0.6 is 11.6 Å². The molecule has 3 nitrogen and oxygen atoms in total. The van der Waals surface area contributed by atoms with Crippen LogP contribution in [0.15, 0.2) is 72.8 Å². The second-order valence-electron chi connectivity index (χ2n) is 6.73. The van der Waals surface area contributed by atoms with E-state index >= 15 is 0 Å². The summed E-state index contributed by atoms with van der Waals surface area (Å²) >= 11 is 5.88. The Morgan fingerprint density at radius 2 is 1.75 bits per heavy atom. The molecule has 0 saturated heterocycles. The largest absolute Gasteiger partial charge is 0.484 e. The predicted octanol–water partition coefficient (Wildman–Crippen LogP) is 5.03. The molecule has 142 valence electrons. The molecule has 28 heavy (non-hydrogen) atoms. The van der Waals surface area contributed by atoms with Gasteiger partial charge in [-0.1, -0.05) is 48.0 Å². The Hall–Kier alpha value is -2.85. The minimum absolute atomic E-state index is 0.0680. The van der Waals surface area contributed by atoms with Crippen LogP contribution < -0.4 is 4.74 Å². The molecule has 0 radical (unpaired) electrons. The highest BCUT2D eigenvalue weighted by molar-refractivity contribution is 6.30. The third-order valence-electron chi connectivity index (χ3n) is 4.97. The van der Waals surface area contributed by atoms with Gasteiger partial charge >= 0.3 is 0 Å². The number of nitrogens with zero attached hydrogens (tertiary/aromatic N) is 1. The van der Waals surface area contributed by atoms with Gasteiger partial charge in [-0.05, 0) is 59.5 Å². The van der Waals surface area contributed by atoms with E-state index in [0.29, 0.717) is 17.3 Å². The number of carbonyl (C=O) groups excluding carboxylic acids is 1. The van der Waals surface area contributed by atoms with Crippen molar-refractivity contribution in [3.63, 3.8) is 0 Å². The van der Waals surface area contributed by atoms with E-state index in [1.165, 1.54) is 17.7 Å². The fourth-order valence-electron chi connectivity index (χ4n) is 3.60. The molecule has 0 N–H and O–H groups in total. The third-order valence-corrected chi connectivity index (χ3v) is 5.22. The standard InChI is InChI=1S/C23H19ClFNO2/c24-18-7-11-20(12-8-18)28-15-22(27)26-14-13-16-3-1-2-4-21(16)23(26)17-5-9-19(25)10-6-17/h1-12,23H,13-15H2. The zero-order valence-electron chi connectivity index (χ0n) is 15.1. The first-order valence-corrected chi connectivity index (χ1v) is 9.51. The number of carbonyl (C=O) groups is 1. The monoisotopic (exact) mass is 395 g/mol. The van der Waals surface area contributed by atoms with Gasteiger partial charge in [0.05, 0.1) is 6.04 Å². The van der Waals surface area contributed by atoms with E-state index < -0.39 is 0 Å². The Morgan fingerprint density at radius 1 is 1.04 bits per heavy atom. The lowest BCUT2D eigenvalue weighted by molar-refractivity contribution is -0.135. The first kappa shape index (κ1) is 18.5. The van der Waals surface area contributed by atoms with Crippen molar-refractivity contribution in [1.29, 1.82) is 0 Å². The molecular formula is C23H19ClFNO2. The van der Waals surface area contributed by atoms with E-state index in [0.717, 1.165) is 17.5 Å². The maximum absolute atomic E-state index is 13.4. The van der Waals surface area contributed by atoms with Crippen molar-refractivity contribution >= 4 is 17.5 Å². The molecule has 5 heteroatoms. The minimum Gasteiger partial charge on any atom is -0.484 e. The van der Waals surface area contributed by atoms with Gasteiger partial charge in [-0.3, -0.25) is 4.79 Å². The van der Waals surface area contributed by atoms with E-state index in [9.17, 15) is 9.18 Å². The molecule has 3 aromatic rings. The lowest BCUT2D eigenvalue weighted by atomic mass is 9.88. The van der Waals surface area contributed by atoms with Gasteiger partial charge in [0.25, 0.3) is 5.91 Å². The molecule has 0 bridgehead atoms. The number of fused-ring (bicyclic) bond motifs is 1. The van der Waals surface area contributed by atoms with Crippen LogP contribution in [0.25, 0.3) is 0 Å². The Morgan fingerprint density at radius 3 is 2.50 bits per heavy atom. The summed E-state index contributed by atoms with van der Waals surface area (Å²) in [6.45, 7) is 0.517. The number of ether oxygens (including phenoxy) is 1. The topological polar surface area (TPSA) is 29.5 Å². The van der Waals surface area contributed by atoms with Gasteiger partial charge in [0.2, 0.25) is 0 Å². The third kappa shape index (κ3) is 3.87. The summed E-state index contributed by atoms with van der Waals surface area (Å²) in [7, 11) is 0. The van der Waals surface area contributed by atoms with Crippen molar-refractivity contribution in [2.24, 2.45) is 0 Å². The highest BCUT2D eigenvalue weighted by atomic mass is 35.5. The smallest absolute Gasteiger partial charge is 0.261 e. The molecule has 1 amide bonds. The summed E-state index contributed by atoms with van der Waals surface area (Å²) in [6, 6.07) is 21.1. The van der Waals surface area contributed by atoms with Gasteiger partial charge in [-0.2, -0.15) is 0 Å². The van der Waals surface area contributed by atoms with E-state index in [1.54, 1.807) is 36.4 Å². The van der Waals surface area contributed by atoms with Crippen LogP contribution in [0.3, 0.4) is 0 Å². The zero-order valence-corrected chi connectivity index (χ0v) is 15.9. The van der Waals surface area contributed by atoms with E-state index in [1.807, 2.05) is 23.1 Å². The van der Waals surface area contributed by atoms with Crippen molar-refractivity contribution in [3.05, 3.63) is 100 Å². The van der Waals surface area contributed by atoms with Crippen LogP contribution in [0.1, 0.15) is 22.7 Å². The summed E-state index contributed by atoms with van der Waals surface area (Å²) < 4.78 is 19.1. The van der Waals surface area contributed by atoms with Gasteiger partial charge < -0.3 is 9.64 Å².